The Morgan fingerprint density at radius 3 is 2.52 bits per heavy atom. The highest BCUT2D eigenvalue weighted by atomic mass is 16.7. The number of nitrogens with zero attached hydrogens (tertiary/aromatic N) is 1. The van der Waals surface area contributed by atoms with Crippen LogP contribution in [0.15, 0.2) is 48.5 Å². The van der Waals surface area contributed by atoms with E-state index in [-0.39, 0.29) is 71.3 Å². The summed E-state index contributed by atoms with van der Waals surface area (Å²) in [5.41, 5.74) is 6.90. The number of carbonyl (C=O) groups is 4. The van der Waals surface area contributed by atoms with Gasteiger partial charge in [0.05, 0.1) is 30.5 Å². The normalized spacial score (nSPS) is 30.9. The van der Waals surface area contributed by atoms with Crippen LogP contribution < -0.4 is 36.1 Å². The fraction of sp³-hybridized carbons (Fsp3) is 0.488. The molecule has 6 aliphatic rings. The first kappa shape index (κ1) is 41.5. The van der Waals surface area contributed by atoms with Gasteiger partial charge in [0.1, 0.15) is 55.8 Å². The fourth-order valence-corrected chi connectivity index (χ4v) is 9.89. The third kappa shape index (κ3) is 7.10. The lowest BCUT2D eigenvalue weighted by molar-refractivity contribution is -0.309. The van der Waals surface area contributed by atoms with Crippen molar-refractivity contribution in [2.75, 3.05) is 24.8 Å². The van der Waals surface area contributed by atoms with Crippen LogP contribution in [0.2, 0.25) is 0 Å². The van der Waals surface area contributed by atoms with Crippen molar-refractivity contribution in [3.05, 3.63) is 87.5 Å². The van der Waals surface area contributed by atoms with Crippen LogP contribution in [-0.4, -0.2) is 130 Å². The summed E-state index contributed by atoms with van der Waals surface area (Å²) in [6.07, 6.45) is -7.91. The molecule has 18 nitrogen and oxygen atoms in total. The smallest absolute Gasteiger partial charge is 0.242 e. The first-order valence-corrected chi connectivity index (χ1v) is 20.6. The van der Waals surface area contributed by atoms with Crippen LogP contribution in [0.4, 0.5) is 5.69 Å². The van der Waals surface area contributed by atoms with E-state index in [2.05, 4.69) is 16.0 Å². The standard InChI is InChI=1S/C43H49N5O13/c44-42-46-39-30(40(57)47-42)45-19-48(39)28-6-2-1-5-23(28)22-10-14-59-43(11-3-4-12-43)38-34(55)33(54)35(56)41(61-38)60-36-26(22)16-27-29(37(36)58-18-21(51)9-13-49)32(53)25-15-20(17-50)7-8-24(25)31(27)52/h1-2,5-8,13,15-16,21-22,30,33-35,38-39,41-42,45-46,50-51,54-56H,3-4,9-12,14,17-19,44H2,(H,47,57). The maximum Gasteiger partial charge on any atom is 0.242 e. The summed E-state index contributed by atoms with van der Waals surface area (Å²) < 4.78 is 26.2. The van der Waals surface area contributed by atoms with Crippen LogP contribution >= 0.6 is 0 Å². The summed E-state index contributed by atoms with van der Waals surface area (Å²) in [6, 6.07) is 12.8. The lowest BCUT2D eigenvalue weighted by Crippen LogP contribution is -2.70. The van der Waals surface area contributed by atoms with Crippen molar-refractivity contribution in [2.45, 2.75) is 112 Å². The van der Waals surface area contributed by atoms with E-state index in [1.165, 1.54) is 12.1 Å². The van der Waals surface area contributed by atoms with Crippen LogP contribution in [0, 0.1) is 0 Å². The predicted octanol–water partition coefficient (Wildman–Crippen LogP) is -0.642. The number of ketones is 2. The number of aldehydes is 1. The number of hydrogen-bond donors (Lipinski definition) is 9. The van der Waals surface area contributed by atoms with E-state index < -0.39 is 91.6 Å². The monoisotopic (exact) mass is 843 g/mol. The Kier molecular flexibility index (Phi) is 11.2. The van der Waals surface area contributed by atoms with Crippen molar-refractivity contribution < 1.29 is 63.7 Å². The maximum atomic E-state index is 14.7. The molecule has 324 valence electrons. The van der Waals surface area contributed by atoms with Gasteiger partial charge in [-0.1, -0.05) is 37.1 Å². The molecule has 3 aromatic rings. The molecule has 9 rings (SSSR count). The number of benzene rings is 3. The Morgan fingerprint density at radius 2 is 1.75 bits per heavy atom. The van der Waals surface area contributed by atoms with Gasteiger partial charge in [-0.15, -0.1) is 0 Å². The Morgan fingerprint density at radius 1 is 0.967 bits per heavy atom. The summed E-state index contributed by atoms with van der Waals surface area (Å²) in [4.78, 5) is 55.8. The molecule has 1 spiro atoms. The van der Waals surface area contributed by atoms with E-state index >= 15 is 0 Å². The number of nitrogens with one attached hydrogen (secondary N) is 3. The SMILES string of the molecule is NC1NC(=O)C2NCN(c3ccccc3C3CCOC4(CCCC4)C4OC(Oc5c3cc3c(c5OCC(O)CC=O)C(=O)c5cc(CO)ccc5C3=O)C(O)C(O)C4O)C2N1. The van der Waals surface area contributed by atoms with Crippen molar-refractivity contribution in [3.63, 3.8) is 0 Å². The minimum Gasteiger partial charge on any atom is -0.486 e. The van der Waals surface area contributed by atoms with Gasteiger partial charge in [0, 0.05) is 46.9 Å². The van der Waals surface area contributed by atoms with E-state index in [0.29, 0.717) is 35.9 Å². The number of fused-ring (bicyclic) bond motifs is 7. The number of nitrogens with two attached hydrogens (primary N) is 1. The third-order valence-electron chi connectivity index (χ3n) is 12.9. The minimum atomic E-state index is -1.83. The zero-order chi connectivity index (χ0) is 42.7. The van der Waals surface area contributed by atoms with E-state index in [4.69, 9.17) is 24.7 Å². The van der Waals surface area contributed by atoms with E-state index in [1.54, 1.807) is 12.1 Å². The Balaban J connectivity index is 1.28. The number of carbonyl (C=O) groups excluding carboxylic acids is 4. The second-order valence-corrected chi connectivity index (χ2v) is 16.6. The molecular formula is C43H49N5O13. The molecule has 0 aromatic heterocycles. The highest BCUT2D eigenvalue weighted by Gasteiger charge is 2.56. The average molecular weight is 844 g/mol. The molecule has 18 heteroatoms. The fourth-order valence-electron chi connectivity index (χ4n) is 9.89. The van der Waals surface area contributed by atoms with E-state index in [0.717, 1.165) is 12.8 Å². The van der Waals surface area contributed by atoms with Crippen molar-refractivity contribution >= 4 is 29.4 Å². The number of rotatable bonds is 8. The van der Waals surface area contributed by atoms with Gasteiger partial charge in [-0.3, -0.25) is 30.8 Å². The molecule has 2 aliphatic carbocycles. The van der Waals surface area contributed by atoms with Crippen molar-refractivity contribution in [3.8, 4) is 11.5 Å². The molecule has 10 N–H and O–H groups in total. The van der Waals surface area contributed by atoms with Gasteiger partial charge in [0.15, 0.2) is 23.1 Å². The van der Waals surface area contributed by atoms with Gasteiger partial charge < -0.3 is 59.5 Å². The lowest BCUT2D eigenvalue weighted by atomic mass is 9.78. The number of para-hydroxylation sites is 1. The average Bonchev–Trinajstić information content (AvgIpc) is 3.91. The molecule has 4 aliphatic heterocycles. The van der Waals surface area contributed by atoms with Gasteiger partial charge in [-0.05, 0) is 54.7 Å². The summed E-state index contributed by atoms with van der Waals surface area (Å²) in [6.45, 7) is -0.637. The highest BCUT2D eigenvalue weighted by molar-refractivity contribution is 6.29. The van der Waals surface area contributed by atoms with Crippen molar-refractivity contribution in [1.29, 1.82) is 0 Å². The number of amides is 1. The minimum absolute atomic E-state index is 0.0108. The number of aliphatic hydroxyl groups is 5. The van der Waals surface area contributed by atoms with Gasteiger partial charge in [0.25, 0.3) is 0 Å². The Bertz CT molecular complexity index is 2230. The lowest BCUT2D eigenvalue weighted by Gasteiger charge is -2.47. The van der Waals surface area contributed by atoms with Crippen LogP contribution in [0.3, 0.4) is 0 Å². The number of hydrogen-bond acceptors (Lipinski definition) is 17. The van der Waals surface area contributed by atoms with Gasteiger partial charge in [0.2, 0.25) is 12.2 Å². The summed E-state index contributed by atoms with van der Waals surface area (Å²) in [5, 5.41) is 64.3. The number of anilines is 1. The van der Waals surface area contributed by atoms with Crippen molar-refractivity contribution in [2.24, 2.45) is 5.73 Å². The van der Waals surface area contributed by atoms with Crippen LogP contribution in [-0.2, 0) is 25.7 Å². The summed E-state index contributed by atoms with van der Waals surface area (Å²) >= 11 is 0. The molecule has 1 amide bonds. The first-order chi connectivity index (χ1) is 29.4. The summed E-state index contributed by atoms with van der Waals surface area (Å²) in [5.74, 6) is -2.69. The molecule has 2 bridgehead atoms. The van der Waals surface area contributed by atoms with Crippen LogP contribution in [0.25, 0.3) is 0 Å². The third-order valence-corrected chi connectivity index (χ3v) is 12.9. The van der Waals surface area contributed by atoms with E-state index in [1.807, 2.05) is 29.2 Å². The molecule has 10 atom stereocenters. The molecule has 3 saturated heterocycles. The van der Waals surface area contributed by atoms with Gasteiger partial charge in [-0.2, -0.15) is 0 Å². The molecule has 0 radical (unpaired) electrons. The Hall–Kier alpha value is -4.86. The molecule has 4 fully saturated rings. The van der Waals surface area contributed by atoms with Gasteiger partial charge in [-0.25, -0.2) is 0 Å². The van der Waals surface area contributed by atoms with Crippen molar-refractivity contribution in [1.82, 2.24) is 16.0 Å². The number of ether oxygens (including phenoxy) is 4. The Labute approximate surface area is 349 Å². The van der Waals surface area contributed by atoms with E-state index in [9.17, 15) is 44.7 Å². The second kappa shape index (κ2) is 16.4. The molecular weight excluding hydrogens is 794 g/mol. The zero-order valence-electron chi connectivity index (χ0n) is 33.1. The quantitative estimate of drug-likeness (QED) is 0.0999. The maximum absolute atomic E-state index is 14.7. The highest BCUT2D eigenvalue weighted by Crippen LogP contribution is 2.51. The summed E-state index contributed by atoms with van der Waals surface area (Å²) in [7, 11) is 0. The van der Waals surface area contributed by atoms with Crippen LogP contribution in [0.5, 0.6) is 11.5 Å². The topological polar surface area (TPSA) is 272 Å². The molecule has 4 heterocycles. The largest absolute Gasteiger partial charge is 0.486 e. The van der Waals surface area contributed by atoms with Crippen LogP contribution in [0.1, 0.15) is 93.0 Å². The van der Waals surface area contributed by atoms with Gasteiger partial charge >= 0.3 is 0 Å². The molecule has 3 aromatic carbocycles. The molecule has 10 unspecified atom stereocenters. The second-order valence-electron chi connectivity index (χ2n) is 16.6. The predicted molar refractivity (Wildman–Crippen MR) is 213 cm³/mol. The number of aliphatic hydroxyl groups excluding tert-OH is 5. The zero-order valence-corrected chi connectivity index (χ0v) is 33.1. The first-order valence-electron chi connectivity index (χ1n) is 20.6. The molecule has 1 saturated carbocycles. The molecule has 61 heavy (non-hydrogen) atoms.